The number of aliphatic carboxylic acids is 2. The second kappa shape index (κ2) is 6.15. The molecule has 0 saturated heterocycles. The second-order valence-corrected chi connectivity index (χ2v) is 6.68. The quantitative estimate of drug-likeness (QED) is 0.830. The van der Waals surface area contributed by atoms with Crippen molar-refractivity contribution in [1.82, 2.24) is 0 Å². The molecule has 0 radical (unpaired) electrons. The highest BCUT2D eigenvalue weighted by Crippen LogP contribution is 2.51. The van der Waals surface area contributed by atoms with Gasteiger partial charge in [-0.2, -0.15) is 0 Å². The van der Waals surface area contributed by atoms with E-state index in [0.717, 1.165) is 38.5 Å². The first-order chi connectivity index (χ1) is 9.47. The topological polar surface area (TPSA) is 74.6 Å². The van der Waals surface area contributed by atoms with Gasteiger partial charge in [0.05, 0.1) is 11.8 Å². The normalized spacial score (nSPS) is 40.9. The van der Waals surface area contributed by atoms with Gasteiger partial charge >= 0.3 is 11.9 Å². The van der Waals surface area contributed by atoms with Crippen molar-refractivity contribution in [3.8, 4) is 0 Å². The molecule has 6 atom stereocenters. The summed E-state index contributed by atoms with van der Waals surface area (Å²) in [7, 11) is 0. The van der Waals surface area contributed by atoms with Crippen LogP contribution in [0.2, 0.25) is 0 Å². The molecular weight excluding hydrogens is 256 g/mol. The van der Waals surface area contributed by atoms with E-state index in [9.17, 15) is 19.8 Å². The van der Waals surface area contributed by atoms with E-state index < -0.39 is 11.9 Å². The molecule has 6 unspecified atom stereocenters. The van der Waals surface area contributed by atoms with Crippen molar-refractivity contribution in [3.63, 3.8) is 0 Å². The van der Waals surface area contributed by atoms with Crippen molar-refractivity contribution in [2.45, 2.75) is 52.4 Å². The van der Waals surface area contributed by atoms with Crippen LogP contribution >= 0.6 is 0 Å². The Hall–Kier alpha value is -1.06. The lowest BCUT2D eigenvalue weighted by Gasteiger charge is -2.47. The van der Waals surface area contributed by atoms with Crippen LogP contribution < -0.4 is 0 Å². The number of carboxylic acid groups (broad SMARTS) is 2. The lowest BCUT2D eigenvalue weighted by molar-refractivity contribution is -0.152. The first kappa shape index (κ1) is 15.3. The number of rotatable bonds is 4. The Bertz CT molecular complexity index is 379. The van der Waals surface area contributed by atoms with E-state index >= 15 is 0 Å². The van der Waals surface area contributed by atoms with Gasteiger partial charge in [-0.1, -0.05) is 26.7 Å². The molecule has 2 aliphatic carbocycles. The predicted octanol–water partition coefficient (Wildman–Crippen LogP) is 3.26. The first-order valence-corrected chi connectivity index (χ1v) is 7.93. The molecule has 0 heterocycles. The summed E-state index contributed by atoms with van der Waals surface area (Å²) < 4.78 is 0. The van der Waals surface area contributed by atoms with Crippen LogP contribution in [0.5, 0.6) is 0 Å². The van der Waals surface area contributed by atoms with Crippen molar-refractivity contribution >= 4 is 11.9 Å². The molecule has 2 fully saturated rings. The Balaban J connectivity index is 2.17. The second-order valence-electron chi connectivity index (χ2n) is 6.68. The van der Waals surface area contributed by atoms with E-state index in [-0.39, 0.29) is 17.8 Å². The zero-order valence-electron chi connectivity index (χ0n) is 12.4. The van der Waals surface area contributed by atoms with Crippen molar-refractivity contribution in [2.75, 3.05) is 0 Å². The average molecular weight is 282 g/mol. The van der Waals surface area contributed by atoms with Crippen LogP contribution in [-0.2, 0) is 9.59 Å². The highest BCUT2D eigenvalue weighted by molar-refractivity contribution is 5.71. The summed E-state index contributed by atoms with van der Waals surface area (Å²) in [6, 6.07) is 0. The largest absolute Gasteiger partial charge is 0.481 e. The molecule has 0 aliphatic heterocycles. The minimum Gasteiger partial charge on any atom is -0.481 e. The van der Waals surface area contributed by atoms with Crippen molar-refractivity contribution in [1.29, 1.82) is 0 Å². The summed E-state index contributed by atoms with van der Waals surface area (Å²) in [5, 5.41) is 18.7. The van der Waals surface area contributed by atoms with E-state index in [1.807, 2.05) is 0 Å². The van der Waals surface area contributed by atoms with E-state index in [1.54, 1.807) is 0 Å². The summed E-state index contributed by atoms with van der Waals surface area (Å²) in [6.45, 7) is 4.16. The zero-order chi connectivity index (χ0) is 14.9. The lowest BCUT2D eigenvalue weighted by Crippen LogP contribution is -2.44. The van der Waals surface area contributed by atoms with Gasteiger partial charge in [-0.25, -0.2) is 0 Å². The van der Waals surface area contributed by atoms with Gasteiger partial charge in [-0.05, 0) is 49.4 Å². The summed E-state index contributed by atoms with van der Waals surface area (Å²) in [5.74, 6) is -0.347. The third-order valence-electron chi connectivity index (χ3n) is 5.80. The molecule has 114 valence electrons. The smallest absolute Gasteiger partial charge is 0.306 e. The Morgan fingerprint density at radius 2 is 1.55 bits per heavy atom. The first-order valence-electron chi connectivity index (χ1n) is 7.93. The van der Waals surface area contributed by atoms with E-state index in [4.69, 9.17) is 0 Å². The van der Waals surface area contributed by atoms with Crippen molar-refractivity contribution in [2.24, 2.45) is 35.5 Å². The van der Waals surface area contributed by atoms with E-state index in [2.05, 4.69) is 13.8 Å². The third-order valence-corrected chi connectivity index (χ3v) is 5.80. The Kier molecular flexibility index (Phi) is 4.71. The van der Waals surface area contributed by atoms with Gasteiger partial charge in [0.1, 0.15) is 0 Å². The molecule has 0 aromatic heterocycles. The fourth-order valence-corrected chi connectivity index (χ4v) is 4.68. The van der Waals surface area contributed by atoms with Crippen LogP contribution in [0.4, 0.5) is 0 Å². The highest BCUT2D eigenvalue weighted by Gasteiger charge is 2.46. The summed E-state index contributed by atoms with van der Waals surface area (Å²) in [6.07, 6.45) is 4.99. The molecule has 2 aliphatic rings. The molecule has 4 nitrogen and oxygen atoms in total. The van der Waals surface area contributed by atoms with Gasteiger partial charge in [-0.15, -0.1) is 0 Å². The summed E-state index contributed by atoms with van der Waals surface area (Å²) >= 11 is 0. The van der Waals surface area contributed by atoms with Gasteiger partial charge in [0, 0.05) is 0 Å². The summed E-state index contributed by atoms with van der Waals surface area (Å²) in [4.78, 5) is 22.8. The summed E-state index contributed by atoms with van der Waals surface area (Å²) in [5.41, 5.74) is 0. The fourth-order valence-electron chi connectivity index (χ4n) is 4.68. The SMILES string of the molecule is CCC1CC2CC(C(=O)O)CC(CC)C2CC1C(=O)O. The lowest BCUT2D eigenvalue weighted by atomic mass is 9.57. The number of hydrogen-bond acceptors (Lipinski definition) is 2. The molecule has 0 amide bonds. The minimum atomic E-state index is -0.671. The van der Waals surface area contributed by atoms with Crippen LogP contribution in [0.1, 0.15) is 52.4 Å². The highest BCUT2D eigenvalue weighted by atomic mass is 16.4. The minimum absolute atomic E-state index is 0.221. The molecule has 2 rings (SSSR count). The Labute approximate surface area is 120 Å². The monoisotopic (exact) mass is 282 g/mol. The van der Waals surface area contributed by atoms with Crippen molar-refractivity contribution < 1.29 is 19.8 Å². The standard InChI is InChI=1S/C16H26O4/c1-3-9-6-12(15(17)18)7-11-5-10(4-2)14(16(19)20)8-13(9)11/h9-14H,3-8H2,1-2H3,(H,17,18)(H,19,20). The van der Waals surface area contributed by atoms with Gasteiger partial charge < -0.3 is 10.2 Å². The predicted molar refractivity (Wildman–Crippen MR) is 75.3 cm³/mol. The molecule has 2 N–H and O–H groups in total. The van der Waals surface area contributed by atoms with Crippen LogP contribution in [0.25, 0.3) is 0 Å². The zero-order valence-corrected chi connectivity index (χ0v) is 12.4. The van der Waals surface area contributed by atoms with Crippen LogP contribution in [0.3, 0.4) is 0 Å². The van der Waals surface area contributed by atoms with Crippen LogP contribution in [0, 0.1) is 35.5 Å². The molecule has 0 aromatic carbocycles. The Morgan fingerprint density at radius 3 is 2.05 bits per heavy atom. The van der Waals surface area contributed by atoms with Gasteiger partial charge in [-0.3, -0.25) is 9.59 Å². The molecule has 20 heavy (non-hydrogen) atoms. The van der Waals surface area contributed by atoms with E-state index in [1.165, 1.54) is 0 Å². The van der Waals surface area contributed by atoms with Gasteiger partial charge in [0.25, 0.3) is 0 Å². The molecular formula is C16H26O4. The molecule has 0 spiro atoms. The number of fused-ring (bicyclic) bond motifs is 1. The third kappa shape index (κ3) is 2.84. The van der Waals surface area contributed by atoms with Gasteiger partial charge in [0.2, 0.25) is 0 Å². The number of hydrogen-bond donors (Lipinski definition) is 2. The van der Waals surface area contributed by atoms with Crippen LogP contribution in [0.15, 0.2) is 0 Å². The maximum absolute atomic E-state index is 11.5. The van der Waals surface area contributed by atoms with Gasteiger partial charge in [0.15, 0.2) is 0 Å². The van der Waals surface area contributed by atoms with Crippen LogP contribution in [-0.4, -0.2) is 22.2 Å². The number of carboxylic acids is 2. The average Bonchev–Trinajstić information content (AvgIpc) is 2.44. The fraction of sp³-hybridized carbons (Fsp3) is 0.875. The van der Waals surface area contributed by atoms with E-state index in [0.29, 0.717) is 17.8 Å². The Morgan fingerprint density at radius 1 is 0.900 bits per heavy atom. The maximum atomic E-state index is 11.5. The number of carbonyl (C=O) groups is 2. The molecule has 4 heteroatoms. The maximum Gasteiger partial charge on any atom is 0.306 e. The molecule has 0 bridgehead atoms. The van der Waals surface area contributed by atoms with Crippen molar-refractivity contribution in [3.05, 3.63) is 0 Å². The molecule has 0 aromatic rings. The molecule has 2 saturated carbocycles.